The van der Waals surface area contributed by atoms with Crippen LogP contribution >= 0.6 is 0 Å². The van der Waals surface area contributed by atoms with Crippen molar-refractivity contribution in [2.75, 3.05) is 19.8 Å². The Balaban J connectivity index is 3.44. The number of rotatable bonds is 12. The van der Waals surface area contributed by atoms with Crippen molar-refractivity contribution in [2.45, 2.75) is 78.1 Å². The van der Waals surface area contributed by atoms with E-state index in [4.69, 9.17) is 15.9 Å². The molecule has 0 aliphatic heterocycles. The number of hydrogen-bond acceptors (Lipinski definition) is 7. The van der Waals surface area contributed by atoms with E-state index in [9.17, 15) is 24.3 Å². The lowest BCUT2D eigenvalue weighted by Crippen LogP contribution is -2.56. The number of nitrogens with one attached hydrogen (secondary N) is 2. The number of esters is 1. The molecule has 0 aromatic heterocycles. The minimum Gasteiger partial charge on any atom is -0.466 e. The molecule has 10 heteroatoms. The Kier molecular flexibility index (Phi) is 12.6. The topological polar surface area (TPSA) is 134 Å². The molecule has 0 aliphatic rings. The summed E-state index contributed by atoms with van der Waals surface area (Å²) >= 11 is 0. The maximum Gasteiger partial charge on any atom is 0.408 e. The number of benzene rings is 1. The standard InChI is InChI=1S/C27H39N3O7/c1-8-18(4)30(25(34)21(17-31)29-26(35)37-27(5,6)7)23(20-14-12-11-13-19(20)9-2)24(33)28-16-15-22(32)36-10-3/h2,11-14,18,21,23,31H,8,10,15-17H2,1,3-7H3,(H,28,33)(H,29,35). The highest BCUT2D eigenvalue weighted by atomic mass is 16.6. The fraction of sp³-hybridized carbons (Fsp3) is 0.556. The van der Waals surface area contributed by atoms with E-state index in [0.29, 0.717) is 17.5 Å². The van der Waals surface area contributed by atoms with Gasteiger partial charge < -0.3 is 30.1 Å². The third kappa shape index (κ3) is 9.77. The molecule has 3 unspecified atom stereocenters. The molecule has 1 aromatic carbocycles. The number of aliphatic hydroxyl groups is 1. The molecule has 3 atom stereocenters. The number of carbonyl (C=O) groups is 4. The molecular weight excluding hydrogens is 478 g/mol. The van der Waals surface area contributed by atoms with Gasteiger partial charge in [-0.1, -0.05) is 31.0 Å². The molecular formula is C27H39N3O7. The van der Waals surface area contributed by atoms with Crippen LogP contribution in [0, 0.1) is 12.3 Å². The number of ether oxygens (including phenoxy) is 2. The normalized spacial score (nSPS) is 13.4. The first-order valence-electron chi connectivity index (χ1n) is 12.3. The van der Waals surface area contributed by atoms with Gasteiger partial charge >= 0.3 is 12.1 Å². The molecule has 0 fully saturated rings. The minimum absolute atomic E-state index is 0.0193. The van der Waals surface area contributed by atoms with Gasteiger partial charge in [-0.2, -0.15) is 0 Å². The Bertz CT molecular complexity index is 981. The van der Waals surface area contributed by atoms with Gasteiger partial charge in [-0.15, -0.1) is 6.42 Å². The average Bonchev–Trinajstić information content (AvgIpc) is 2.83. The third-order valence-corrected chi connectivity index (χ3v) is 5.36. The number of nitrogens with zero attached hydrogens (tertiary/aromatic N) is 1. The summed E-state index contributed by atoms with van der Waals surface area (Å²) in [5.74, 6) is 0.802. The van der Waals surface area contributed by atoms with Crippen LogP contribution in [0.15, 0.2) is 24.3 Å². The largest absolute Gasteiger partial charge is 0.466 e. The summed E-state index contributed by atoms with van der Waals surface area (Å²) in [6.07, 6.45) is 5.22. The van der Waals surface area contributed by atoms with Gasteiger partial charge in [0.15, 0.2) is 0 Å². The summed E-state index contributed by atoms with van der Waals surface area (Å²) in [5.41, 5.74) is -0.0348. The summed E-state index contributed by atoms with van der Waals surface area (Å²) in [5, 5.41) is 15.1. The molecule has 0 saturated carbocycles. The van der Waals surface area contributed by atoms with Gasteiger partial charge in [0.25, 0.3) is 0 Å². The Hall–Kier alpha value is -3.58. The van der Waals surface area contributed by atoms with Crippen LogP contribution < -0.4 is 10.6 Å². The van der Waals surface area contributed by atoms with E-state index in [0.717, 1.165) is 0 Å². The van der Waals surface area contributed by atoms with Gasteiger partial charge in [-0.3, -0.25) is 14.4 Å². The maximum atomic E-state index is 13.8. The lowest BCUT2D eigenvalue weighted by molar-refractivity contribution is -0.146. The zero-order valence-electron chi connectivity index (χ0n) is 22.5. The molecule has 0 bridgehead atoms. The van der Waals surface area contributed by atoms with Crippen LogP contribution in [0.4, 0.5) is 4.79 Å². The second-order valence-corrected chi connectivity index (χ2v) is 9.36. The lowest BCUT2D eigenvalue weighted by Gasteiger charge is -2.38. The van der Waals surface area contributed by atoms with Crippen LogP contribution in [-0.2, 0) is 23.9 Å². The molecule has 37 heavy (non-hydrogen) atoms. The van der Waals surface area contributed by atoms with Gasteiger partial charge in [0.05, 0.1) is 19.6 Å². The number of terminal acetylenes is 1. The van der Waals surface area contributed by atoms with Crippen molar-refractivity contribution in [3.8, 4) is 12.3 Å². The van der Waals surface area contributed by atoms with Crippen molar-refractivity contribution in [3.63, 3.8) is 0 Å². The van der Waals surface area contributed by atoms with Crippen LogP contribution in [0.5, 0.6) is 0 Å². The molecule has 0 aliphatic carbocycles. The first-order valence-corrected chi connectivity index (χ1v) is 12.3. The predicted octanol–water partition coefficient (Wildman–Crippen LogP) is 2.29. The summed E-state index contributed by atoms with van der Waals surface area (Å²) in [6.45, 7) is 9.74. The SMILES string of the molecule is C#Cc1ccccc1C(C(=O)NCCC(=O)OCC)N(C(=O)C(CO)NC(=O)OC(C)(C)C)C(C)CC. The lowest BCUT2D eigenvalue weighted by atomic mass is 9.96. The fourth-order valence-corrected chi connectivity index (χ4v) is 3.51. The second kappa shape index (κ2) is 14.9. The second-order valence-electron chi connectivity index (χ2n) is 9.36. The Labute approximate surface area is 219 Å². The molecule has 10 nitrogen and oxygen atoms in total. The molecule has 3 amide bonds. The fourth-order valence-electron chi connectivity index (χ4n) is 3.51. The molecule has 0 saturated heterocycles. The van der Waals surface area contributed by atoms with Crippen molar-refractivity contribution in [1.82, 2.24) is 15.5 Å². The van der Waals surface area contributed by atoms with E-state index >= 15 is 0 Å². The number of aliphatic hydroxyl groups excluding tert-OH is 1. The van der Waals surface area contributed by atoms with Crippen LogP contribution in [-0.4, -0.2) is 71.3 Å². The van der Waals surface area contributed by atoms with E-state index in [1.807, 2.05) is 6.92 Å². The zero-order valence-corrected chi connectivity index (χ0v) is 22.5. The quantitative estimate of drug-likeness (QED) is 0.286. The number of amides is 3. The molecule has 1 aromatic rings. The Morgan fingerprint density at radius 3 is 2.35 bits per heavy atom. The van der Waals surface area contributed by atoms with Gasteiger partial charge in [-0.05, 0) is 52.7 Å². The summed E-state index contributed by atoms with van der Waals surface area (Å²) < 4.78 is 10.1. The number of hydrogen-bond donors (Lipinski definition) is 3. The first-order chi connectivity index (χ1) is 17.4. The molecule has 0 radical (unpaired) electrons. The first kappa shape index (κ1) is 31.4. The average molecular weight is 518 g/mol. The summed E-state index contributed by atoms with van der Waals surface area (Å²) in [7, 11) is 0. The third-order valence-electron chi connectivity index (χ3n) is 5.36. The number of alkyl carbamates (subject to hydrolysis) is 1. The van der Waals surface area contributed by atoms with Gasteiger partial charge in [0.1, 0.15) is 17.7 Å². The van der Waals surface area contributed by atoms with Gasteiger partial charge in [0.2, 0.25) is 11.8 Å². The summed E-state index contributed by atoms with van der Waals surface area (Å²) in [6, 6.07) is 3.62. The van der Waals surface area contributed by atoms with Crippen molar-refractivity contribution < 1.29 is 33.8 Å². The minimum atomic E-state index is -1.38. The van der Waals surface area contributed by atoms with Crippen LogP contribution in [0.2, 0.25) is 0 Å². The van der Waals surface area contributed by atoms with E-state index in [1.54, 1.807) is 58.9 Å². The van der Waals surface area contributed by atoms with Crippen molar-refractivity contribution in [2.24, 2.45) is 0 Å². The van der Waals surface area contributed by atoms with E-state index in [-0.39, 0.29) is 19.6 Å². The predicted molar refractivity (Wildman–Crippen MR) is 138 cm³/mol. The maximum absolute atomic E-state index is 13.8. The highest BCUT2D eigenvalue weighted by Gasteiger charge is 2.39. The molecule has 0 heterocycles. The van der Waals surface area contributed by atoms with Crippen LogP contribution in [0.25, 0.3) is 0 Å². The molecule has 204 valence electrons. The molecule has 3 N–H and O–H groups in total. The number of carbonyl (C=O) groups excluding carboxylic acids is 4. The Morgan fingerprint density at radius 2 is 1.81 bits per heavy atom. The zero-order chi connectivity index (χ0) is 28.2. The highest BCUT2D eigenvalue weighted by Crippen LogP contribution is 2.28. The monoisotopic (exact) mass is 517 g/mol. The Morgan fingerprint density at radius 1 is 1.16 bits per heavy atom. The van der Waals surface area contributed by atoms with Gasteiger partial charge in [-0.25, -0.2) is 4.79 Å². The van der Waals surface area contributed by atoms with Crippen molar-refractivity contribution in [1.29, 1.82) is 0 Å². The molecule has 1 rings (SSSR count). The van der Waals surface area contributed by atoms with E-state index < -0.39 is 54.2 Å². The van der Waals surface area contributed by atoms with Crippen LogP contribution in [0.1, 0.15) is 71.6 Å². The van der Waals surface area contributed by atoms with Crippen molar-refractivity contribution in [3.05, 3.63) is 35.4 Å². The highest BCUT2D eigenvalue weighted by molar-refractivity contribution is 5.93. The van der Waals surface area contributed by atoms with Gasteiger partial charge in [0, 0.05) is 18.2 Å². The van der Waals surface area contributed by atoms with E-state index in [1.165, 1.54) is 4.90 Å². The molecule has 0 spiro atoms. The smallest absolute Gasteiger partial charge is 0.408 e. The van der Waals surface area contributed by atoms with Crippen molar-refractivity contribution >= 4 is 23.9 Å². The van der Waals surface area contributed by atoms with E-state index in [2.05, 4.69) is 16.6 Å². The van der Waals surface area contributed by atoms with Crippen LogP contribution in [0.3, 0.4) is 0 Å². The summed E-state index contributed by atoms with van der Waals surface area (Å²) in [4.78, 5) is 52.7.